The number of halogens is 1. The van der Waals surface area contributed by atoms with Crippen molar-refractivity contribution in [2.24, 2.45) is 0 Å². The van der Waals surface area contributed by atoms with Crippen LogP contribution in [0.15, 0.2) is 65.6 Å². The second-order valence-electron chi connectivity index (χ2n) is 7.51. The predicted octanol–water partition coefficient (Wildman–Crippen LogP) is 4.94. The minimum atomic E-state index is -3.74. The molecule has 1 heterocycles. The summed E-state index contributed by atoms with van der Waals surface area (Å²) in [5.74, 6) is -0.294. The third-order valence-electron chi connectivity index (χ3n) is 5.54. The Morgan fingerprint density at radius 2 is 1.63 bits per heavy atom. The van der Waals surface area contributed by atoms with Crippen LogP contribution in [0.4, 0.5) is 5.69 Å². The third-order valence-corrected chi connectivity index (χ3v) is 7.92. The number of hydrogen-bond acceptors (Lipinski definition) is 3. The molecule has 4 rings (SSSR count). The first kappa shape index (κ1) is 20.8. The van der Waals surface area contributed by atoms with Crippen LogP contribution in [-0.2, 0) is 10.0 Å². The summed E-state index contributed by atoms with van der Waals surface area (Å²) in [6.45, 7) is 0.960. The van der Waals surface area contributed by atoms with Gasteiger partial charge in [0.05, 0.1) is 5.02 Å². The predicted molar refractivity (Wildman–Crippen MR) is 121 cm³/mol. The summed E-state index contributed by atoms with van der Waals surface area (Å²) in [6, 6.07) is 18.1. The van der Waals surface area contributed by atoms with Crippen molar-refractivity contribution in [3.63, 3.8) is 0 Å². The van der Waals surface area contributed by atoms with Crippen molar-refractivity contribution in [3.05, 3.63) is 71.2 Å². The van der Waals surface area contributed by atoms with E-state index in [2.05, 4.69) is 0 Å². The van der Waals surface area contributed by atoms with E-state index in [-0.39, 0.29) is 21.4 Å². The van der Waals surface area contributed by atoms with Crippen LogP contribution in [0.5, 0.6) is 0 Å². The fraction of sp³-hybridized carbons (Fsp3) is 0.261. The number of rotatable bonds is 4. The molecule has 1 aliphatic rings. The maximum Gasteiger partial charge on any atom is 0.258 e. The van der Waals surface area contributed by atoms with E-state index in [0.29, 0.717) is 13.1 Å². The first-order valence-electron chi connectivity index (χ1n) is 9.94. The molecule has 0 saturated carbocycles. The Kier molecular flexibility index (Phi) is 5.82. The molecule has 5 nitrogen and oxygen atoms in total. The molecule has 0 aliphatic carbocycles. The molecule has 3 aromatic rings. The second-order valence-corrected chi connectivity index (χ2v) is 9.82. The van der Waals surface area contributed by atoms with Crippen molar-refractivity contribution in [2.45, 2.75) is 24.2 Å². The summed E-state index contributed by atoms with van der Waals surface area (Å²) in [4.78, 5) is 14.6. The number of benzene rings is 3. The van der Waals surface area contributed by atoms with Gasteiger partial charge in [0.25, 0.3) is 5.91 Å². The maximum atomic E-state index is 13.1. The van der Waals surface area contributed by atoms with E-state index in [0.717, 1.165) is 35.7 Å². The van der Waals surface area contributed by atoms with Gasteiger partial charge < -0.3 is 4.90 Å². The number of carbonyl (C=O) groups excluding carboxylic acids is 1. The van der Waals surface area contributed by atoms with E-state index in [9.17, 15) is 13.2 Å². The van der Waals surface area contributed by atoms with Crippen molar-refractivity contribution in [3.8, 4) is 0 Å². The zero-order valence-corrected chi connectivity index (χ0v) is 18.3. The fourth-order valence-electron chi connectivity index (χ4n) is 3.77. The summed E-state index contributed by atoms with van der Waals surface area (Å²) in [5, 5.41) is 2.24. The van der Waals surface area contributed by atoms with Gasteiger partial charge in [-0.3, -0.25) is 4.79 Å². The van der Waals surface area contributed by atoms with Gasteiger partial charge in [-0.05, 0) is 53.9 Å². The monoisotopic (exact) mass is 442 g/mol. The number of carbonyl (C=O) groups is 1. The Balaban J connectivity index is 1.66. The summed E-state index contributed by atoms with van der Waals surface area (Å²) in [6.07, 6.45) is 2.69. The van der Waals surface area contributed by atoms with Crippen LogP contribution >= 0.6 is 11.6 Å². The molecule has 1 aliphatic heterocycles. The minimum absolute atomic E-state index is 0.0103. The molecule has 0 spiro atoms. The lowest BCUT2D eigenvalue weighted by molar-refractivity contribution is 0.0993. The Labute approximate surface area is 181 Å². The van der Waals surface area contributed by atoms with Gasteiger partial charge in [0, 0.05) is 31.4 Å². The van der Waals surface area contributed by atoms with E-state index in [4.69, 9.17) is 11.6 Å². The van der Waals surface area contributed by atoms with E-state index in [1.165, 1.54) is 21.3 Å². The summed E-state index contributed by atoms with van der Waals surface area (Å²) < 4.78 is 27.6. The van der Waals surface area contributed by atoms with Crippen LogP contribution in [0, 0.1) is 0 Å². The molecule has 0 unspecified atom stereocenters. The van der Waals surface area contributed by atoms with Gasteiger partial charge in [0.1, 0.15) is 4.90 Å². The number of sulfonamides is 1. The first-order chi connectivity index (χ1) is 14.4. The lowest BCUT2D eigenvalue weighted by Crippen LogP contribution is -2.36. The van der Waals surface area contributed by atoms with Crippen LogP contribution in [0.25, 0.3) is 10.8 Å². The Hall–Kier alpha value is -2.41. The zero-order chi connectivity index (χ0) is 21.3. The molecule has 30 heavy (non-hydrogen) atoms. The molecular formula is C23H23ClN2O3S. The molecule has 1 amide bonds. The third kappa shape index (κ3) is 3.95. The van der Waals surface area contributed by atoms with Crippen molar-refractivity contribution in [2.75, 3.05) is 25.0 Å². The van der Waals surface area contributed by atoms with E-state index >= 15 is 0 Å². The lowest BCUT2D eigenvalue weighted by Gasteiger charge is -2.26. The number of amides is 1. The van der Waals surface area contributed by atoms with Crippen molar-refractivity contribution in [1.82, 2.24) is 4.31 Å². The highest BCUT2D eigenvalue weighted by Crippen LogP contribution is 2.29. The smallest absolute Gasteiger partial charge is 0.258 e. The van der Waals surface area contributed by atoms with E-state index < -0.39 is 10.0 Å². The molecular weight excluding hydrogens is 420 g/mol. The Bertz CT molecular complexity index is 1200. The molecule has 0 aromatic heterocycles. The summed E-state index contributed by atoms with van der Waals surface area (Å²) in [5.41, 5.74) is 1.01. The fourth-order valence-corrected chi connectivity index (χ4v) is 5.79. The molecule has 156 valence electrons. The molecule has 0 radical (unpaired) electrons. The van der Waals surface area contributed by atoms with Crippen molar-refractivity contribution >= 4 is 44.0 Å². The second kappa shape index (κ2) is 8.38. The van der Waals surface area contributed by atoms with Crippen molar-refractivity contribution in [1.29, 1.82) is 0 Å². The van der Waals surface area contributed by atoms with Gasteiger partial charge in [0.15, 0.2) is 0 Å². The molecule has 1 saturated heterocycles. The molecule has 0 atom stereocenters. The molecule has 0 bridgehead atoms. The van der Waals surface area contributed by atoms with Crippen molar-refractivity contribution < 1.29 is 13.2 Å². The van der Waals surface area contributed by atoms with Crippen LogP contribution in [0.2, 0.25) is 5.02 Å². The van der Waals surface area contributed by atoms with Gasteiger partial charge in [-0.2, -0.15) is 4.31 Å². The molecule has 7 heteroatoms. The Morgan fingerprint density at radius 1 is 0.933 bits per heavy atom. The average Bonchev–Trinajstić information content (AvgIpc) is 2.78. The highest BCUT2D eigenvalue weighted by molar-refractivity contribution is 7.89. The zero-order valence-electron chi connectivity index (χ0n) is 16.7. The molecule has 3 aromatic carbocycles. The summed E-state index contributed by atoms with van der Waals surface area (Å²) >= 11 is 6.24. The van der Waals surface area contributed by atoms with Crippen LogP contribution in [0.1, 0.15) is 29.6 Å². The first-order valence-corrected chi connectivity index (χ1v) is 11.8. The lowest BCUT2D eigenvalue weighted by atomic mass is 10.1. The van der Waals surface area contributed by atoms with E-state index in [1.54, 1.807) is 13.1 Å². The maximum absolute atomic E-state index is 13.1. The standard InChI is InChI=1S/C23H23ClN2O3S/c1-25(20-11-9-17-7-3-4-8-18(17)15-20)23(27)19-10-12-21(24)22(16-19)30(28,29)26-13-5-2-6-14-26/h3-4,7-12,15-16H,2,5-6,13-14H2,1H3. The highest BCUT2D eigenvalue weighted by atomic mass is 35.5. The molecule has 1 fully saturated rings. The quantitative estimate of drug-likeness (QED) is 0.574. The number of hydrogen-bond donors (Lipinski definition) is 0. The van der Waals surface area contributed by atoms with Crippen LogP contribution < -0.4 is 4.90 Å². The number of fused-ring (bicyclic) bond motifs is 1. The number of anilines is 1. The largest absolute Gasteiger partial charge is 0.311 e. The topological polar surface area (TPSA) is 57.7 Å². The highest BCUT2D eigenvalue weighted by Gasteiger charge is 2.29. The van der Waals surface area contributed by atoms with Crippen LogP contribution in [0.3, 0.4) is 0 Å². The normalized spacial score (nSPS) is 15.3. The van der Waals surface area contributed by atoms with Gasteiger partial charge in [-0.1, -0.05) is 48.4 Å². The average molecular weight is 443 g/mol. The van der Waals surface area contributed by atoms with Gasteiger partial charge in [-0.25, -0.2) is 8.42 Å². The van der Waals surface area contributed by atoms with E-state index in [1.807, 2.05) is 42.5 Å². The number of nitrogens with zero attached hydrogens (tertiary/aromatic N) is 2. The van der Waals surface area contributed by atoms with Gasteiger partial charge in [-0.15, -0.1) is 0 Å². The number of piperidine rings is 1. The Morgan fingerprint density at radius 3 is 2.37 bits per heavy atom. The van der Waals surface area contributed by atoms with Gasteiger partial charge >= 0.3 is 0 Å². The van der Waals surface area contributed by atoms with Crippen LogP contribution in [-0.4, -0.2) is 38.8 Å². The SMILES string of the molecule is CN(C(=O)c1ccc(Cl)c(S(=O)(=O)N2CCCCC2)c1)c1ccc2ccccc2c1. The summed E-state index contributed by atoms with van der Waals surface area (Å²) in [7, 11) is -2.06. The minimum Gasteiger partial charge on any atom is -0.311 e. The van der Waals surface area contributed by atoms with Gasteiger partial charge in [0.2, 0.25) is 10.0 Å². The molecule has 0 N–H and O–H groups in total.